The van der Waals surface area contributed by atoms with E-state index in [9.17, 15) is 14.7 Å². The molecule has 1 aromatic carbocycles. The van der Waals surface area contributed by atoms with Crippen molar-refractivity contribution in [2.45, 2.75) is 13.5 Å². The van der Waals surface area contributed by atoms with E-state index in [4.69, 9.17) is 4.98 Å². The smallest absolute Gasteiger partial charge is 0.341 e. The van der Waals surface area contributed by atoms with Crippen LogP contribution in [0.15, 0.2) is 35.3 Å². The van der Waals surface area contributed by atoms with Crippen molar-refractivity contribution in [2.24, 2.45) is 0 Å². The van der Waals surface area contributed by atoms with Crippen LogP contribution >= 0.6 is 0 Å². The molecule has 0 atom stereocenters. The first-order valence-electron chi connectivity index (χ1n) is 9.13. The van der Waals surface area contributed by atoms with Crippen molar-refractivity contribution in [3.05, 3.63) is 46.2 Å². The number of anilines is 1. The molecule has 7 heteroatoms. The minimum absolute atomic E-state index is 0.209. The first-order chi connectivity index (χ1) is 13.0. The maximum atomic E-state index is 12.7. The molecule has 0 aliphatic carbocycles. The molecule has 1 aliphatic heterocycles. The molecule has 7 nitrogen and oxygen atoms in total. The minimum Gasteiger partial charge on any atom is -0.477 e. The lowest BCUT2D eigenvalue weighted by Gasteiger charge is -2.33. The average Bonchev–Trinajstić information content (AvgIpc) is 2.68. The summed E-state index contributed by atoms with van der Waals surface area (Å²) in [6, 6.07) is 7.58. The van der Waals surface area contributed by atoms with Gasteiger partial charge in [0.1, 0.15) is 11.4 Å². The number of nitrogens with zero attached hydrogens (tertiary/aromatic N) is 4. The first-order valence-corrected chi connectivity index (χ1v) is 9.13. The molecule has 2 aromatic heterocycles. The van der Waals surface area contributed by atoms with Crippen molar-refractivity contribution >= 4 is 33.6 Å². The van der Waals surface area contributed by atoms with Crippen LogP contribution in [0.2, 0.25) is 0 Å². The lowest BCUT2D eigenvalue weighted by molar-refractivity contribution is 0.0695. The number of pyridine rings is 2. The first kappa shape index (κ1) is 17.5. The number of aryl methyl sites for hydroxylation is 1. The van der Waals surface area contributed by atoms with Gasteiger partial charge in [-0.2, -0.15) is 0 Å². The quantitative estimate of drug-likeness (QED) is 0.715. The Morgan fingerprint density at radius 3 is 2.52 bits per heavy atom. The molecular formula is C20H22N4O3. The third-order valence-corrected chi connectivity index (χ3v) is 5.28. The molecule has 0 amide bonds. The summed E-state index contributed by atoms with van der Waals surface area (Å²) in [5, 5.41) is 10.7. The van der Waals surface area contributed by atoms with E-state index in [0.717, 1.165) is 42.9 Å². The Bertz CT molecular complexity index is 1100. The lowest BCUT2D eigenvalue weighted by Crippen LogP contribution is -2.44. The van der Waals surface area contributed by atoms with Gasteiger partial charge in [0.25, 0.3) is 0 Å². The number of likely N-dealkylation sites (N-methyl/N-ethyl adjacent to an activating group) is 1. The van der Waals surface area contributed by atoms with E-state index < -0.39 is 11.4 Å². The molecule has 3 aromatic rings. The summed E-state index contributed by atoms with van der Waals surface area (Å²) in [6.45, 7) is 6.26. The number of carboxylic acids is 1. The van der Waals surface area contributed by atoms with Crippen molar-refractivity contribution in [3.8, 4) is 0 Å². The van der Waals surface area contributed by atoms with Gasteiger partial charge in [0, 0.05) is 49.7 Å². The normalized spacial score (nSPS) is 15.6. The number of aromatic nitrogens is 2. The zero-order valence-corrected chi connectivity index (χ0v) is 15.5. The van der Waals surface area contributed by atoms with Gasteiger partial charge < -0.3 is 19.5 Å². The SMILES string of the molecule is CCn1cc(C(=O)O)c(=O)c2ccc3ccc(N4CCN(C)CC4)nc3c21. The van der Waals surface area contributed by atoms with E-state index in [1.807, 2.05) is 29.7 Å². The fourth-order valence-electron chi connectivity index (χ4n) is 3.67. The Kier molecular flexibility index (Phi) is 4.31. The van der Waals surface area contributed by atoms with Gasteiger partial charge in [0.05, 0.1) is 11.0 Å². The zero-order valence-electron chi connectivity index (χ0n) is 15.5. The third-order valence-electron chi connectivity index (χ3n) is 5.28. The summed E-state index contributed by atoms with van der Waals surface area (Å²) < 4.78 is 1.81. The fourth-order valence-corrected chi connectivity index (χ4v) is 3.67. The highest BCUT2D eigenvalue weighted by Crippen LogP contribution is 2.26. The number of piperazine rings is 1. The number of fused-ring (bicyclic) bond motifs is 3. The summed E-state index contributed by atoms with van der Waals surface area (Å²) in [4.78, 5) is 33.5. The average molecular weight is 366 g/mol. The Balaban J connectivity index is 1.96. The monoisotopic (exact) mass is 366 g/mol. The molecule has 0 unspecified atom stereocenters. The van der Waals surface area contributed by atoms with Crippen molar-refractivity contribution in [3.63, 3.8) is 0 Å². The van der Waals surface area contributed by atoms with E-state index in [1.165, 1.54) is 6.20 Å². The Morgan fingerprint density at radius 2 is 1.85 bits per heavy atom. The number of rotatable bonds is 3. The Labute approximate surface area is 156 Å². The minimum atomic E-state index is -1.21. The van der Waals surface area contributed by atoms with Gasteiger partial charge in [-0.15, -0.1) is 0 Å². The molecule has 140 valence electrons. The maximum absolute atomic E-state index is 12.7. The molecule has 0 saturated carbocycles. The van der Waals surface area contributed by atoms with Crippen molar-refractivity contribution < 1.29 is 9.90 Å². The van der Waals surface area contributed by atoms with Crippen LogP contribution in [0.5, 0.6) is 0 Å². The second kappa shape index (κ2) is 6.66. The summed E-state index contributed by atoms with van der Waals surface area (Å²) in [7, 11) is 2.11. The Morgan fingerprint density at radius 1 is 1.15 bits per heavy atom. The predicted octanol–water partition coefficient (Wildman–Crippen LogP) is 2.02. The van der Waals surface area contributed by atoms with E-state index in [2.05, 4.69) is 16.8 Å². The van der Waals surface area contributed by atoms with Crippen LogP contribution in [-0.4, -0.2) is 58.8 Å². The summed E-state index contributed by atoms with van der Waals surface area (Å²) >= 11 is 0. The van der Waals surface area contributed by atoms with Crippen LogP contribution in [0.3, 0.4) is 0 Å². The molecule has 1 N–H and O–H groups in total. The van der Waals surface area contributed by atoms with Crippen LogP contribution in [0.25, 0.3) is 21.8 Å². The molecule has 1 aliphatic rings. The third kappa shape index (κ3) is 2.94. The number of hydrogen-bond donors (Lipinski definition) is 1. The fraction of sp³-hybridized carbons (Fsp3) is 0.350. The van der Waals surface area contributed by atoms with E-state index in [1.54, 1.807) is 6.07 Å². The van der Waals surface area contributed by atoms with Crippen molar-refractivity contribution in [2.75, 3.05) is 38.1 Å². The molecule has 3 heterocycles. The largest absolute Gasteiger partial charge is 0.477 e. The van der Waals surface area contributed by atoms with Crippen LogP contribution in [0.1, 0.15) is 17.3 Å². The van der Waals surface area contributed by atoms with Gasteiger partial charge in [-0.25, -0.2) is 9.78 Å². The maximum Gasteiger partial charge on any atom is 0.341 e. The van der Waals surface area contributed by atoms with E-state index >= 15 is 0 Å². The Hall–Kier alpha value is -2.93. The summed E-state index contributed by atoms with van der Waals surface area (Å²) in [6.07, 6.45) is 1.43. The highest BCUT2D eigenvalue weighted by Gasteiger charge is 2.19. The van der Waals surface area contributed by atoms with E-state index in [-0.39, 0.29) is 5.56 Å². The molecule has 0 spiro atoms. The van der Waals surface area contributed by atoms with Crippen LogP contribution in [0.4, 0.5) is 5.82 Å². The topological polar surface area (TPSA) is 78.7 Å². The van der Waals surface area contributed by atoms with Gasteiger partial charge >= 0.3 is 5.97 Å². The van der Waals surface area contributed by atoms with Gasteiger partial charge in [-0.3, -0.25) is 4.79 Å². The van der Waals surface area contributed by atoms with Gasteiger partial charge in [0.2, 0.25) is 5.43 Å². The van der Waals surface area contributed by atoms with E-state index in [0.29, 0.717) is 17.4 Å². The number of benzene rings is 1. The van der Waals surface area contributed by atoms with Crippen LogP contribution in [0, 0.1) is 0 Å². The van der Waals surface area contributed by atoms with Crippen molar-refractivity contribution in [1.82, 2.24) is 14.5 Å². The van der Waals surface area contributed by atoms with Crippen molar-refractivity contribution in [1.29, 1.82) is 0 Å². The van der Waals surface area contributed by atoms with Crippen LogP contribution in [-0.2, 0) is 6.54 Å². The highest BCUT2D eigenvalue weighted by atomic mass is 16.4. The second-order valence-electron chi connectivity index (χ2n) is 6.96. The molecular weight excluding hydrogens is 344 g/mol. The molecule has 0 bridgehead atoms. The second-order valence-corrected chi connectivity index (χ2v) is 6.96. The van der Waals surface area contributed by atoms with Crippen LogP contribution < -0.4 is 10.3 Å². The lowest BCUT2D eigenvalue weighted by atomic mass is 10.1. The summed E-state index contributed by atoms with van der Waals surface area (Å²) in [5.74, 6) is -0.316. The predicted molar refractivity (Wildman–Crippen MR) is 106 cm³/mol. The number of carboxylic acid groups (broad SMARTS) is 1. The highest BCUT2D eigenvalue weighted by molar-refractivity contribution is 6.05. The standard InChI is InChI=1S/C20H22N4O3/c1-3-23-12-15(20(26)27)19(25)14-6-4-13-5-7-16(21-17(13)18(14)23)24-10-8-22(2)9-11-24/h4-7,12H,3,8-11H2,1-2H3,(H,26,27). The molecule has 1 saturated heterocycles. The molecule has 0 radical (unpaired) electrons. The number of aromatic carboxylic acids is 1. The molecule has 1 fully saturated rings. The van der Waals surface area contributed by atoms with Gasteiger partial charge in [-0.1, -0.05) is 6.07 Å². The van der Waals surface area contributed by atoms with Gasteiger partial charge in [0.15, 0.2) is 0 Å². The number of carbonyl (C=O) groups is 1. The zero-order chi connectivity index (χ0) is 19.1. The molecule has 27 heavy (non-hydrogen) atoms. The van der Waals surface area contributed by atoms with Gasteiger partial charge in [-0.05, 0) is 32.2 Å². The number of hydrogen-bond acceptors (Lipinski definition) is 5. The summed E-state index contributed by atoms with van der Waals surface area (Å²) in [5.41, 5.74) is 0.760. The molecule has 4 rings (SSSR count).